The van der Waals surface area contributed by atoms with Gasteiger partial charge in [-0.1, -0.05) is 18.2 Å². The molecule has 0 heterocycles. The first kappa shape index (κ1) is 12.8. The monoisotopic (exact) mass is 264 g/mol. The van der Waals surface area contributed by atoms with E-state index in [9.17, 15) is 18.7 Å². The van der Waals surface area contributed by atoms with Gasteiger partial charge in [-0.25, -0.2) is 9.18 Å². The van der Waals surface area contributed by atoms with Crippen LogP contribution in [-0.4, -0.2) is 11.1 Å². The average Bonchev–Trinajstić information content (AvgIpc) is 2.41. The van der Waals surface area contributed by atoms with Gasteiger partial charge < -0.3 is 15.7 Å². The second kappa shape index (κ2) is 5.34. The molecule has 0 saturated carbocycles. The molecule has 4 nitrogen and oxygen atoms in total. The van der Waals surface area contributed by atoms with E-state index in [1.807, 2.05) is 0 Å². The molecular formula is C13H10F2N2O2. The molecule has 2 aromatic carbocycles. The zero-order chi connectivity index (χ0) is 13.8. The molecule has 0 spiro atoms. The number of benzene rings is 2. The SMILES string of the molecule is O=C(Nc1ccccc1)Nc1ccc(F)c(F)c1O. The maximum absolute atomic E-state index is 13.1. The van der Waals surface area contributed by atoms with E-state index in [-0.39, 0.29) is 5.69 Å². The number of carbonyl (C=O) groups is 1. The van der Waals surface area contributed by atoms with Crippen LogP contribution in [0.15, 0.2) is 42.5 Å². The number of hydrogen-bond donors (Lipinski definition) is 3. The number of urea groups is 1. The Balaban J connectivity index is 2.10. The fraction of sp³-hybridized carbons (Fsp3) is 0. The first-order valence-electron chi connectivity index (χ1n) is 5.38. The quantitative estimate of drug-likeness (QED) is 0.729. The molecule has 2 amide bonds. The summed E-state index contributed by atoms with van der Waals surface area (Å²) in [5.41, 5.74) is 0.314. The third kappa shape index (κ3) is 2.98. The maximum atomic E-state index is 13.1. The van der Waals surface area contributed by atoms with Crippen molar-refractivity contribution in [1.82, 2.24) is 0 Å². The van der Waals surface area contributed by atoms with E-state index in [4.69, 9.17) is 0 Å². The number of carbonyl (C=O) groups excluding carboxylic acids is 1. The van der Waals surface area contributed by atoms with E-state index in [1.54, 1.807) is 30.3 Å². The molecule has 0 aliphatic carbocycles. The third-order valence-corrected chi connectivity index (χ3v) is 2.35. The van der Waals surface area contributed by atoms with Gasteiger partial charge in [-0.05, 0) is 24.3 Å². The van der Waals surface area contributed by atoms with Crippen LogP contribution in [0.5, 0.6) is 5.75 Å². The molecule has 98 valence electrons. The highest BCUT2D eigenvalue weighted by Crippen LogP contribution is 2.28. The fourth-order valence-corrected chi connectivity index (χ4v) is 1.45. The van der Waals surface area contributed by atoms with Crippen LogP contribution in [0.3, 0.4) is 0 Å². The largest absolute Gasteiger partial charge is 0.503 e. The zero-order valence-electron chi connectivity index (χ0n) is 9.65. The third-order valence-electron chi connectivity index (χ3n) is 2.35. The molecule has 0 radical (unpaired) electrons. The van der Waals surface area contributed by atoms with Crippen LogP contribution in [-0.2, 0) is 0 Å². The molecular weight excluding hydrogens is 254 g/mol. The number of aromatic hydroxyl groups is 1. The number of phenols is 1. The van der Waals surface area contributed by atoms with Gasteiger partial charge in [-0.3, -0.25) is 0 Å². The lowest BCUT2D eigenvalue weighted by molar-refractivity contribution is 0.262. The standard InChI is InChI=1S/C13H10F2N2O2/c14-9-6-7-10(12(18)11(9)15)17-13(19)16-8-4-2-1-3-5-8/h1-7,18H,(H2,16,17,19). The van der Waals surface area contributed by atoms with Gasteiger partial charge in [-0.15, -0.1) is 0 Å². The Bertz CT molecular complexity index is 603. The Kier molecular flexibility index (Phi) is 3.61. The first-order valence-corrected chi connectivity index (χ1v) is 5.38. The summed E-state index contributed by atoms with van der Waals surface area (Å²) >= 11 is 0. The summed E-state index contributed by atoms with van der Waals surface area (Å²) in [5, 5.41) is 14.0. The van der Waals surface area contributed by atoms with Crippen LogP contribution in [0.4, 0.5) is 25.0 Å². The van der Waals surface area contributed by atoms with Crippen LogP contribution >= 0.6 is 0 Å². The summed E-state index contributed by atoms with van der Waals surface area (Å²) in [6.07, 6.45) is 0. The predicted molar refractivity (Wildman–Crippen MR) is 67.1 cm³/mol. The maximum Gasteiger partial charge on any atom is 0.323 e. The average molecular weight is 264 g/mol. The molecule has 0 bridgehead atoms. The number of phenolic OH excluding ortho intramolecular Hbond substituents is 1. The fourth-order valence-electron chi connectivity index (χ4n) is 1.45. The minimum atomic E-state index is -1.41. The van der Waals surface area contributed by atoms with Gasteiger partial charge in [0.1, 0.15) is 0 Å². The number of nitrogens with one attached hydrogen (secondary N) is 2. The Morgan fingerprint density at radius 2 is 1.68 bits per heavy atom. The van der Waals surface area contributed by atoms with Gasteiger partial charge in [-0.2, -0.15) is 4.39 Å². The van der Waals surface area contributed by atoms with Crippen LogP contribution in [0.1, 0.15) is 0 Å². The minimum absolute atomic E-state index is 0.215. The molecule has 2 aromatic rings. The Morgan fingerprint density at radius 3 is 2.37 bits per heavy atom. The smallest absolute Gasteiger partial charge is 0.323 e. The van der Waals surface area contributed by atoms with E-state index in [1.165, 1.54) is 0 Å². The summed E-state index contributed by atoms with van der Waals surface area (Å²) < 4.78 is 25.9. The second-order valence-corrected chi connectivity index (χ2v) is 3.70. The predicted octanol–water partition coefficient (Wildman–Crippen LogP) is 3.31. The molecule has 0 aliphatic heterocycles. The van der Waals surface area contributed by atoms with Gasteiger partial charge >= 0.3 is 6.03 Å². The number of rotatable bonds is 2. The second-order valence-electron chi connectivity index (χ2n) is 3.70. The molecule has 0 fully saturated rings. The lowest BCUT2D eigenvalue weighted by Gasteiger charge is -2.09. The van der Waals surface area contributed by atoms with Gasteiger partial charge in [0.05, 0.1) is 5.69 Å². The molecule has 0 atom stereocenters. The molecule has 19 heavy (non-hydrogen) atoms. The van der Waals surface area contributed by atoms with E-state index < -0.39 is 23.4 Å². The highest BCUT2D eigenvalue weighted by atomic mass is 19.2. The first-order chi connectivity index (χ1) is 9.08. The number of para-hydroxylation sites is 1. The number of halogens is 2. The Hall–Kier alpha value is -2.63. The van der Waals surface area contributed by atoms with Crippen molar-refractivity contribution < 1.29 is 18.7 Å². The van der Waals surface area contributed by atoms with Crippen molar-refractivity contribution in [2.75, 3.05) is 10.6 Å². The highest BCUT2D eigenvalue weighted by molar-refractivity contribution is 6.00. The molecule has 3 N–H and O–H groups in total. The van der Waals surface area contributed by atoms with Crippen molar-refractivity contribution in [2.24, 2.45) is 0 Å². The van der Waals surface area contributed by atoms with E-state index in [2.05, 4.69) is 10.6 Å². The van der Waals surface area contributed by atoms with Gasteiger partial charge in [0.15, 0.2) is 11.6 Å². The van der Waals surface area contributed by atoms with Crippen molar-refractivity contribution in [3.63, 3.8) is 0 Å². The van der Waals surface area contributed by atoms with Crippen LogP contribution in [0, 0.1) is 11.6 Å². The Labute approximate surface area is 107 Å². The molecule has 2 rings (SSSR count). The highest BCUT2D eigenvalue weighted by Gasteiger charge is 2.14. The number of amides is 2. The summed E-state index contributed by atoms with van der Waals surface area (Å²) in [7, 11) is 0. The minimum Gasteiger partial charge on any atom is -0.503 e. The van der Waals surface area contributed by atoms with Crippen molar-refractivity contribution in [1.29, 1.82) is 0 Å². The van der Waals surface area contributed by atoms with Crippen molar-refractivity contribution in [2.45, 2.75) is 0 Å². The summed E-state index contributed by atoms with van der Waals surface area (Å²) in [6, 6.07) is 9.76. The van der Waals surface area contributed by atoms with Gasteiger partial charge in [0.2, 0.25) is 5.82 Å². The van der Waals surface area contributed by atoms with Crippen molar-refractivity contribution >= 4 is 17.4 Å². The topological polar surface area (TPSA) is 61.4 Å². The normalized spacial score (nSPS) is 10.0. The van der Waals surface area contributed by atoms with Crippen molar-refractivity contribution in [3.05, 3.63) is 54.1 Å². The molecule has 0 saturated heterocycles. The zero-order valence-corrected chi connectivity index (χ0v) is 9.65. The molecule has 0 aliphatic rings. The lowest BCUT2D eigenvalue weighted by Crippen LogP contribution is -2.19. The lowest BCUT2D eigenvalue weighted by atomic mass is 10.2. The Morgan fingerprint density at radius 1 is 1.00 bits per heavy atom. The van der Waals surface area contributed by atoms with E-state index >= 15 is 0 Å². The summed E-state index contributed by atoms with van der Waals surface area (Å²) in [6.45, 7) is 0. The van der Waals surface area contributed by atoms with Gasteiger partial charge in [0, 0.05) is 5.69 Å². The van der Waals surface area contributed by atoms with Gasteiger partial charge in [0.25, 0.3) is 0 Å². The molecule has 0 unspecified atom stereocenters. The van der Waals surface area contributed by atoms with Crippen LogP contribution in [0.2, 0.25) is 0 Å². The van der Waals surface area contributed by atoms with E-state index in [0.29, 0.717) is 5.69 Å². The van der Waals surface area contributed by atoms with Crippen molar-refractivity contribution in [3.8, 4) is 5.75 Å². The number of hydrogen-bond acceptors (Lipinski definition) is 2. The van der Waals surface area contributed by atoms with Crippen LogP contribution in [0.25, 0.3) is 0 Å². The van der Waals surface area contributed by atoms with Crippen LogP contribution < -0.4 is 10.6 Å². The summed E-state index contributed by atoms with van der Waals surface area (Å²) in [4.78, 5) is 11.6. The summed E-state index contributed by atoms with van der Waals surface area (Å²) in [5.74, 6) is -3.53. The van der Waals surface area contributed by atoms with E-state index in [0.717, 1.165) is 12.1 Å². The molecule has 6 heteroatoms. The molecule has 0 aromatic heterocycles. The number of anilines is 2.